The number of pyridine rings is 1. The second-order valence-corrected chi connectivity index (χ2v) is 7.77. The first-order valence-corrected chi connectivity index (χ1v) is 10.2. The highest BCUT2D eigenvalue weighted by Crippen LogP contribution is 2.31. The summed E-state index contributed by atoms with van der Waals surface area (Å²) in [5.41, 5.74) is 4.70. The van der Waals surface area contributed by atoms with Crippen molar-refractivity contribution in [2.75, 3.05) is 25.5 Å². The minimum absolute atomic E-state index is 0.129. The Morgan fingerprint density at radius 2 is 2.00 bits per heavy atom. The molecule has 9 nitrogen and oxygen atoms in total. The molecule has 0 atom stereocenters. The van der Waals surface area contributed by atoms with Gasteiger partial charge in [0.15, 0.2) is 0 Å². The summed E-state index contributed by atoms with van der Waals surface area (Å²) in [6.07, 6.45) is 6.63. The van der Waals surface area contributed by atoms with Gasteiger partial charge in [0.1, 0.15) is 11.3 Å². The summed E-state index contributed by atoms with van der Waals surface area (Å²) in [4.78, 5) is 34.9. The highest BCUT2D eigenvalue weighted by Gasteiger charge is 2.33. The zero-order valence-corrected chi connectivity index (χ0v) is 17.7. The molecule has 3 aromatic heterocycles. The fraction of sp³-hybridized carbons (Fsp3) is 0.217. The van der Waals surface area contributed by atoms with Crippen molar-refractivity contribution in [3.63, 3.8) is 0 Å². The van der Waals surface area contributed by atoms with Gasteiger partial charge in [-0.2, -0.15) is 0 Å². The van der Waals surface area contributed by atoms with Crippen LogP contribution in [-0.4, -0.2) is 56.0 Å². The number of methoxy groups -OCH3 is 1. The van der Waals surface area contributed by atoms with Gasteiger partial charge in [0.25, 0.3) is 5.91 Å². The maximum absolute atomic E-state index is 13.0. The summed E-state index contributed by atoms with van der Waals surface area (Å²) in [5.74, 6) is -0.231. The standard InChI is InChI=1S/C23H22N6O3/c1-15-6-7-16(19-10-24-14-29(19)17-12-27(13-17)23(31)32-2)9-18(15)26-22(30)20-11-25-21-5-3-4-8-28(20)21/h3-11,14,17H,12-13H2,1-2H3,(H,26,30). The van der Waals surface area contributed by atoms with Gasteiger partial charge < -0.3 is 19.5 Å². The van der Waals surface area contributed by atoms with Crippen molar-refractivity contribution < 1.29 is 14.3 Å². The van der Waals surface area contributed by atoms with E-state index in [-0.39, 0.29) is 18.0 Å². The van der Waals surface area contributed by atoms with Gasteiger partial charge in [0, 0.05) is 30.5 Å². The molecule has 0 bridgehead atoms. The van der Waals surface area contributed by atoms with Gasteiger partial charge in [-0.15, -0.1) is 0 Å². The molecule has 0 unspecified atom stereocenters. The first kappa shape index (κ1) is 19.8. The molecule has 0 saturated carbocycles. The molecule has 1 saturated heterocycles. The number of rotatable bonds is 4. The number of fused-ring (bicyclic) bond motifs is 1. The SMILES string of the molecule is COC(=O)N1CC(n2cncc2-c2ccc(C)c(NC(=O)c3cnc4ccccn34)c2)C1. The van der Waals surface area contributed by atoms with E-state index in [0.29, 0.717) is 24.4 Å². The lowest BCUT2D eigenvalue weighted by atomic mass is 10.1. The first-order valence-electron chi connectivity index (χ1n) is 10.2. The predicted molar refractivity (Wildman–Crippen MR) is 119 cm³/mol. The lowest BCUT2D eigenvalue weighted by molar-refractivity contribution is 0.0716. The van der Waals surface area contributed by atoms with Crippen molar-refractivity contribution in [1.29, 1.82) is 0 Å². The molecule has 4 aromatic rings. The quantitative estimate of drug-likeness (QED) is 0.536. The van der Waals surface area contributed by atoms with Crippen LogP contribution < -0.4 is 5.32 Å². The Labute approximate surface area is 184 Å². The fourth-order valence-electron chi connectivity index (χ4n) is 3.93. The van der Waals surface area contributed by atoms with E-state index in [0.717, 1.165) is 22.5 Å². The van der Waals surface area contributed by atoms with Crippen molar-refractivity contribution >= 4 is 23.3 Å². The van der Waals surface area contributed by atoms with Crippen LogP contribution in [0.4, 0.5) is 10.5 Å². The number of anilines is 1. The third-order valence-corrected chi connectivity index (χ3v) is 5.79. The van der Waals surface area contributed by atoms with E-state index < -0.39 is 0 Å². The number of imidazole rings is 2. The zero-order chi connectivity index (χ0) is 22.2. The summed E-state index contributed by atoms with van der Waals surface area (Å²) in [5, 5.41) is 3.01. The first-order chi connectivity index (χ1) is 15.5. The van der Waals surface area contributed by atoms with Crippen LogP contribution in [0.15, 0.2) is 61.3 Å². The van der Waals surface area contributed by atoms with Gasteiger partial charge in [-0.3, -0.25) is 9.20 Å². The van der Waals surface area contributed by atoms with E-state index in [9.17, 15) is 9.59 Å². The van der Waals surface area contributed by atoms with Crippen molar-refractivity contribution in [1.82, 2.24) is 23.8 Å². The second kappa shape index (κ2) is 7.84. The maximum Gasteiger partial charge on any atom is 0.409 e. The Morgan fingerprint density at radius 3 is 2.81 bits per heavy atom. The van der Waals surface area contributed by atoms with Gasteiger partial charge in [0.2, 0.25) is 0 Å². The Hall–Kier alpha value is -4.14. The number of ether oxygens (including phenoxy) is 1. The number of nitrogens with one attached hydrogen (secondary N) is 1. The maximum atomic E-state index is 13.0. The van der Waals surface area contributed by atoms with Gasteiger partial charge in [-0.1, -0.05) is 18.2 Å². The fourth-order valence-corrected chi connectivity index (χ4v) is 3.93. The number of aromatic nitrogens is 4. The average Bonchev–Trinajstić information content (AvgIpc) is 3.41. The predicted octanol–water partition coefficient (Wildman–Crippen LogP) is 3.38. The molecule has 2 amide bonds. The molecule has 1 N–H and O–H groups in total. The van der Waals surface area contributed by atoms with E-state index in [1.165, 1.54) is 7.11 Å². The van der Waals surface area contributed by atoms with Crippen molar-refractivity contribution in [3.8, 4) is 11.3 Å². The van der Waals surface area contributed by atoms with Crippen LogP contribution in [0, 0.1) is 6.92 Å². The van der Waals surface area contributed by atoms with Crippen LogP contribution in [0.25, 0.3) is 16.9 Å². The smallest absolute Gasteiger partial charge is 0.409 e. The molecule has 0 radical (unpaired) electrons. The van der Waals surface area contributed by atoms with Gasteiger partial charge in [-0.05, 0) is 30.7 Å². The van der Waals surface area contributed by atoms with E-state index in [1.54, 1.807) is 28.0 Å². The van der Waals surface area contributed by atoms with Crippen LogP contribution in [-0.2, 0) is 4.74 Å². The minimum atomic E-state index is -0.323. The Balaban J connectivity index is 1.39. The lowest BCUT2D eigenvalue weighted by Crippen LogP contribution is -2.50. The Bertz CT molecular complexity index is 1320. The Morgan fingerprint density at radius 1 is 1.16 bits per heavy atom. The third kappa shape index (κ3) is 3.37. The number of likely N-dealkylation sites (tertiary alicyclic amines) is 1. The van der Waals surface area contributed by atoms with Gasteiger partial charge >= 0.3 is 6.09 Å². The summed E-state index contributed by atoms with van der Waals surface area (Å²) < 4.78 is 8.59. The van der Waals surface area contributed by atoms with Crippen LogP contribution in [0.5, 0.6) is 0 Å². The summed E-state index contributed by atoms with van der Waals surface area (Å²) in [6, 6.07) is 11.6. The van der Waals surface area contributed by atoms with Crippen molar-refractivity contribution in [2.24, 2.45) is 0 Å². The van der Waals surface area contributed by atoms with E-state index in [1.807, 2.05) is 49.5 Å². The number of nitrogens with zero attached hydrogens (tertiary/aromatic N) is 5. The molecule has 0 spiro atoms. The van der Waals surface area contributed by atoms with E-state index in [2.05, 4.69) is 19.9 Å². The molecule has 4 heterocycles. The number of hydrogen-bond donors (Lipinski definition) is 1. The number of carbonyl (C=O) groups is 2. The minimum Gasteiger partial charge on any atom is -0.453 e. The number of hydrogen-bond acceptors (Lipinski definition) is 5. The van der Waals surface area contributed by atoms with Crippen molar-refractivity contribution in [2.45, 2.75) is 13.0 Å². The number of benzene rings is 1. The van der Waals surface area contributed by atoms with Crippen LogP contribution in [0.2, 0.25) is 0 Å². The molecule has 162 valence electrons. The number of amides is 2. The summed E-state index contributed by atoms with van der Waals surface area (Å²) >= 11 is 0. The third-order valence-electron chi connectivity index (χ3n) is 5.79. The van der Waals surface area contributed by atoms with Gasteiger partial charge in [0.05, 0.1) is 37.6 Å². The summed E-state index contributed by atoms with van der Waals surface area (Å²) in [6.45, 7) is 3.09. The van der Waals surface area contributed by atoms with E-state index >= 15 is 0 Å². The average molecular weight is 430 g/mol. The molecule has 32 heavy (non-hydrogen) atoms. The molecular weight excluding hydrogens is 408 g/mol. The molecule has 1 fully saturated rings. The number of aryl methyl sites for hydroxylation is 1. The summed E-state index contributed by atoms with van der Waals surface area (Å²) in [7, 11) is 1.38. The normalized spacial score (nSPS) is 13.8. The lowest BCUT2D eigenvalue weighted by Gasteiger charge is -2.39. The van der Waals surface area contributed by atoms with E-state index in [4.69, 9.17) is 4.74 Å². The molecule has 1 aliphatic rings. The highest BCUT2D eigenvalue weighted by molar-refractivity contribution is 6.04. The molecular formula is C23H22N6O3. The molecule has 9 heteroatoms. The molecule has 1 aliphatic heterocycles. The Kier molecular flexibility index (Phi) is 4.85. The van der Waals surface area contributed by atoms with Crippen LogP contribution in [0.1, 0.15) is 22.1 Å². The highest BCUT2D eigenvalue weighted by atomic mass is 16.5. The molecule has 1 aromatic carbocycles. The number of carbonyl (C=O) groups excluding carboxylic acids is 2. The zero-order valence-electron chi connectivity index (χ0n) is 17.7. The second-order valence-electron chi connectivity index (χ2n) is 7.77. The topological polar surface area (TPSA) is 93.8 Å². The molecule has 5 rings (SSSR count). The largest absolute Gasteiger partial charge is 0.453 e. The van der Waals surface area contributed by atoms with Crippen LogP contribution in [0.3, 0.4) is 0 Å². The van der Waals surface area contributed by atoms with Crippen molar-refractivity contribution in [3.05, 3.63) is 72.6 Å². The van der Waals surface area contributed by atoms with Gasteiger partial charge in [-0.25, -0.2) is 14.8 Å². The molecule has 0 aliphatic carbocycles. The monoisotopic (exact) mass is 430 g/mol. The van der Waals surface area contributed by atoms with Crippen LogP contribution >= 0.6 is 0 Å².